The van der Waals surface area contributed by atoms with Gasteiger partial charge in [0.15, 0.2) is 0 Å². The van der Waals surface area contributed by atoms with E-state index in [1.165, 1.54) is 12.7 Å². The minimum Gasteiger partial charge on any atom is -0.469 e. The van der Waals surface area contributed by atoms with Gasteiger partial charge in [0.2, 0.25) is 0 Å². The molecule has 2 nitrogen and oxygen atoms in total. The molecular formula is C15H24O2. The maximum absolute atomic E-state index is 12.0. The maximum atomic E-state index is 12.0. The first kappa shape index (κ1) is 14.0. The van der Waals surface area contributed by atoms with Gasteiger partial charge in [0.05, 0.1) is 12.5 Å². The topological polar surface area (TPSA) is 26.3 Å². The van der Waals surface area contributed by atoms with E-state index in [1.807, 2.05) is 20.8 Å². The highest BCUT2D eigenvalue weighted by atomic mass is 16.5. The molecular weight excluding hydrogens is 212 g/mol. The Morgan fingerprint density at radius 1 is 1.53 bits per heavy atom. The molecule has 0 spiro atoms. The zero-order chi connectivity index (χ0) is 13.3. The summed E-state index contributed by atoms with van der Waals surface area (Å²) in [5.41, 5.74) is 1.80. The fourth-order valence-corrected chi connectivity index (χ4v) is 2.90. The largest absolute Gasteiger partial charge is 0.469 e. The molecule has 0 bridgehead atoms. The third-order valence-corrected chi connectivity index (χ3v) is 4.45. The van der Waals surface area contributed by atoms with Crippen molar-refractivity contribution in [3.05, 3.63) is 23.8 Å². The Labute approximate surface area is 105 Å². The molecule has 0 radical (unpaired) electrons. The molecule has 0 amide bonds. The number of rotatable bonds is 3. The molecule has 0 N–H and O–H groups in total. The summed E-state index contributed by atoms with van der Waals surface area (Å²) < 4.78 is 4.97. The Kier molecular flexibility index (Phi) is 3.85. The number of hydrogen-bond acceptors (Lipinski definition) is 2. The van der Waals surface area contributed by atoms with Gasteiger partial charge in [-0.2, -0.15) is 0 Å². The molecule has 0 aromatic rings. The van der Waals surface area contributed by atoms with E-state index in [2.05, 4.69) is 19.6 Å². The molecule has 17 heavy (non-hydrogen) atoms. The predicted octanol–water partition coefficient (Wildman–Crippen LogP) is 3.88. The monoisotopic (exact) mass is 236 g/mol. The minimum absolute atomic E-state index is 0.145. The number of ether oxygens (including phenoxy) is 1. The summed E-state index contributed by atoms with van der Waals surface area (Å²) in [4.78, 5) is 12.0. The van der Waals surface area contributed by atoms with Crippen LogP contribution in [0, 0.1) is 10.8 Å². The second-order valence-electron chi connectivity index (χ2n) is 5.73. The van der Waals surface area contributed by atoms with Crippen LogP contribution in [0.25, 0.3) is 0 Å². The summed E-state index contributed by atoms with van der Waals surface area (Å²) in [7, 11) is 1.46. The van der Waals surface area contributed by atoms with Crippen molar-refractivity contribution in [3.8, 4) is 0 Å². The highest BCUT2D eigenvalue weighted by Crippen LogP contribution is 2.53. The number of carbonyl (C=O) groups excluding carboxylic acids is 1. The van der Waals surface area contributed by atoms with Crippen LogP contribution in [0.2, 0.25) is 0 Å². The average Bonchev–Trinajstić information content (AvgIpc) is 2.28. The number of carbonyl (C=O) groups is 1. The average molecular weight is 236 g/mol. The summed E-state index contributed by atoms with van der Waals surface area (Å²) in [6, 6.07) is 0. The lowest BCUT2D eigenvalue weighted by Gasteiger charge is -2.47. The van der Waals surface area contributed by atoms with Crippen LogP contribution >= 0.6 is 0 Å². The van der Waals surface area contributed by atoms with Gasteiger partial charge in [-0.25, -0.2) is 0 Å². The lowest BCUT2D eigenvalue weighted by Crippen LogP contribution is -2.45. The van der Waals surface area contributed by atoms with Crippen LogP contribution in [0.1, 0.15) is 47.0 Å². The Morgan fingerprint density at radius 3 is 2.47 bits per heavy atom. The van der Waals surface area contributed by atoms with Gasteiger partial charge in [-0.1, -0.05) is 23.8 Å². The molecule has 0 saturated carbocycles. The van der Waals surface area contributed by atoms with Gasteiger partial charge in [0.25, 0.3) is 0 Å². The van der Waals surface area contributed by atoms with Crippen molar-refractivity contribution < 1.29 is 9.53 Å². The third kappa shape index (κ3) is 2.18. The first-order chi connectivity index (χ1) is 7.78. The zero-order valence-corrected chi connectivity index (χ0v) is 11.7. The van der Waals surface area contributed by atoms with Gasteiger partial charge in [-0.3, -0.25) is 4.79 Å². The van der Waals surface area contributed by atoms with E-state index < -0.39 is 5.41 Å². The zero-order valence-electron chi connectivity index (χ0n) is 11.7. The Balaban J connectivity index is 3.18. The Hall–Kier alpha value is -1.05. The lowest BCUT2D eigenvalue weighted by atomic mass is 9.56. The molecule has 2 heteroatoms. The van der Waals surface area contributed by atoms with Crippen molar-refractivity contribution in [3.63, 3.8) is 0 Å². The molecule has 1 aliphatic rings. The molecule has 0 heterocycles. The molecule has 1 rings (SSSR count). The van der Waals surface area contributed by atoms with Crippen molar-refractivity contribution in [2.24, 2.45) is 10.8 Å². The lowest BCUT2D eigenvalue weighted by molar-refractivity contribution is -0.158. The smallest absolute Gasteiger partial charge is 0.312 e. The van der Waals surface area contributed by atoms with Gasteiger partial charge in [0.1, 0.15) is 0 Å². The number of methoxy groups -OCH3 is 1. The quantitative estimate of drug-likeness (QED) is 0.549. The molecule has 0 aromatic carbocycles. The molecule has 0 aliphatic heterocycles. The van der Waals surface area contributed by atoms with Gasteiger partial charge >= 0.3 is 5.97 Å². The minimum atomic E-state index is -0.523. The summed E-state index contributed by atoms with van der Waals surface area (Å²) in [6.07, 6.45) is 5.14. The molecule has 0 aromatic heterocycles. The number of hydrogen-bond donors (Lipinski definition) is 0. The van der Waals surface area contributed by atoms with Crippen LogP contribution in [0.15, 0.2) is 23.8 Å². The molecule has 96 valence electrons. The van der Waals surface area contributed by atoms with E-state index in [4.69, 9.17) is 4.74 Å². The predicted molar refractivity (Wildman–Crippen MR) is 70.7 cm³/mol. The van der Waals surface area contributed by atoms with Crippen molar-refractivity contribution in [2.45, 2.75) is 47.0 Å². The van der Waals surface area contributed by atoms with E-state index >= 15 is 0 Å². The standard InChI is InChI=1S/C15H24O2/c1-11(2)15(9-7-12(3)8-10-15)14(4,5)13(16)17-6/h7H,1,8-10H2,2-6H3. The van der Waals surface area contributed by atoms with Crippen molar-refractivity contribution in [1.29, 1.82) is 0 Å². The van der Waals surface area contributed by atoms with E-state index in [0.29, 0.717) is 0 Å². The first-order valence-corrected chi connectivity index (χ1v) is 6.18. The summed E-state index contributed by atoms with van der Waals surface area (Å²) in [5, 5.41) is 0. The Bertz CT molecular complexity index is 363. The first-order valence-electron chi connectivity index (χ1n) is 6.18. The SMILES string of the molecule is C=C(C)C1(C(C)(C)C(=O)OC)CC=C(C)CC1. The van der Waals surface area contributed by atoms with Crippen LogP contribution in [-0.2, 0) is 9.53 Å². The molecule has 0 saturated heterocycles. The van der Waals surface area contributed by atoms with E-state index in [0.717, 1.165) is 24.8 Å². The van der Waals surface area contributed by atoms with Crippen LogP contribution in [0.4, 0.5) is 0 Å². The van der Waals surface area contributed by atoms with Gasteiger partial charge < -0.3 is 4.74 Å². The molecule has 1 unspecified atom stereocenters. The van der Waals surface area contributed by atoms with E-state index in [1.54, 1.807) is 0 Å². The number of esters is 1. The maximum Gasteiger partial charge on any atom is 0.312 e. The van der Waals surface area contributed by atoms with Gasteiger partial charge in [-0.05, 0) is 47.0 Å². The summed E-state index contributed by atoms with van der Waals surface area (Å²) >= 11 is 0. The van der Waals surface area contributed by atoms with Crippen LogP contribution < -0.4 is 0 Å². The van der Waals surface area contributed by atoms with Crippen molar-refractivity contribution in [1.82, 2.24) is 0 Å². The summed E-state index contributed by atoms with van der Waals surface area (Å²) in [5.74, 6) is -0.145. The fourth-order valence-electron chi connectivity index (χ4n) is 2.90. The summed E-state index contributed by atoms with van der Waals surface area (Å²) in [6.45, 7) is 12.2. The van der Waals surface area contributed by atoms with Crippen molar-refractivity contribution >= 4 is 5.97 Å². The third-order valence-electron chi connectivity index (χ3n) is 4.45. The fraction of sp³-hybridized carbons (Fsp3) is 0.667. The van der Waals surface area contributed by atoms with Gasteiger partial charge in [0, 0.05) is 5.41 Å². The number of allylic oxidation sites excluding steroid dienone is 3. The van der Waals surface area contributed by atoms with Crippen molar-refractivity contribution in [2.75, 3.05) is 7.11 Å². The highest BCUT2D eigenvalue weighted by molar-refractivity contribution is 5.77. The molecule has 1 atom stereocenters. The molecule has 1 aliphatic carbocycles. The normalized spacial score (nSPS) is 25.1. The van der Waals surface area contributed by atoms with Crippen LogP contribution in [-0.4, -0.2) is 13.1 Å². The van der Waals surface area contributed by atoms with Crippen LogP contribution in [0.3, 0.4) is 0 Å². The molecule has 0 fully saturated rings. The van der Waals surface area contributed by atoms with Gasteiger partial charge in [-0.15, -0.1) is 0 Å². The Morgan fingerprint density at radius 2 is 2.12 bits per heavy atom. The van der Waals surface area contributed by atoms with Crippen LogP contribution in [0.5, 0.6) is 0 Å². The second kappa shape index (κ2) is 4.67. The van der Waals surface area contributed by atoms with E-state index in [9.17, 15) is 4.79 Å². The second-order valence-corrected chi connectivity index (χ2v) is 5.73. The van der Waals surface area contributed by atoms with E-state index in [-0.39, 0.29) is 11.4 Å². The highest BCUT2D eigenvalue weighted by Gasteiger charge is 2.51.